The number of carbonyl (C=O) groups excluding carboxylic acids is 3. The highest BCUT2D eigenvalue weighted by Crippen LogP contribution is 2.46. The summed E-state index contributed by atoms with van der Waals surface area (Å²) < 4.78 is 11.0. The van der Waals surface area contributed by atoms with E-state index in [9.17, 15) is 14.4 Å². The molecule has 0 aliphatic carbocycles. The summed E-state index contributed by atoms with van der Waals surface area (Å²) >= 11 is 0.954. The first-order valence-corrected chi connectivity index (χ1v) is 7.45. The molecule has 1 aliphatic heterocycles. The monoisotopic (exact) mass is 336 g/mol. The van der Waals surface area contributed by atoms with E-state index >= 15 is 0 Å². The fraction of sp³-hybridized carbons (Fsp3) is 0.267. The first kappa shape index (κ1) is 17.0. The summed E-state index contributed by atoms with van der Waals surface area (Å²) in [6, 6.07) is 8.38. The van der Waals surface area contributed by atoms with Crippen LogP contribution in [0, 0.1) is 0 Å². The maximum atomic E-state index is 12.2. The van der Waals surface area contributed by atoms with E-state index < -0.39 is 23.9 Å². The Hall–Kier alpha value is -2.32. The molecule has 1 aromatic rings. The van der Waals surface area contributed by atoms with Gasteiger partial charge in [0.25, 0.3) is 5.91 Å². The molecule has 0 radical (unpaired) electrons. The first-order chi connectivity index (χ1) is 11.0. The van der Waals surface area contributed by atoms with Gasteiger partial charge < -0.3 is 15.2 Å². The fourth-order valence-electron chi connectivity index (χ4n) is 2.26. The molecule has 1 heterocycles. The number of carbonyl (C=O) groups is 3. The van der Waals surface area contributed by atoms with Gasteiger partial charge in [0.15, 0.2) is 0 Å². The molecule has 122 valence electrons. The third kappa shape index (κ3) is 3.54. The number of nitrogens with two attached hydrogens (primary N) is 1. The standard InChI is InChI=1S/C15H16N2O5S/c1-21-10(18)8-17-12(9-6-4-3-5-7-9)11(15(20)22-2)13(23-17)14(16)19/h3-7,12H,8H2,1-2H3,(H2,16,19). The highest BCUT2D eigenvalue weighted by molar-refractivity contribution is 8.02. The number of rotatable bonds is 5. The van der Waals surface area contributed by atoms with E-state index in [-0.39, 0.29) is 17.0 Å². The topological polar surface area (TPSA) is 98.9 Å². The minimum atomic E-state index is -0.747. The molecule has 2 rings (SSSR count). The quantitative estimate of drug-likeness (QED) is 0.626. The molecular weight excluding hydrogens is 320 g/mol. The summed E-state index contributed by atoms with van der Waals surface area (Å²) in [6.07, 6.45) is 0. The second-order valence-corrected chi connectivity index (χ2v) is 5.71. The number of amides is 1. The Morgan fingerprint density at radius 1 is 1.17 bits per heavy atom. The number of esters is 2. The Morgan fingerprint density at radius 2 is 1.83 bits per heavy atom. The summed E-state index contributed by atoms with van der Waals surface area (Å²) in [7, 11) is 2.49. The van der Waals surface area contributed by atoms with Gasteiger partial charge in [-0.05, 0) is 17.5 Å². The van der Waals surface area contributed by atoms with Crippen LogP contribution < -0.4 is 5.73 Å². The van der Waals surface area contributed by atoms with Crippen LogP contribution in [-0.2, 0) is 23.9 Å². The van der Waals surface area contributed by atoms with E-state index in [0.29, 0.717) is 0 Å². The van der Waals surface area contributed by atoms with Gasteiger partial charge in [0.05, 0.1) is 25.8 Å². The number of nitrogens with zero attached hydrogens (tertiary/aromatic N) is 1. The molecule has 1 amide bonds. The predicted octanol–water partition coefficient (Wildman–Crippen LogP) is 0.777. The SMILES string of the molecule is COC(=O)CN1SC(C(N)=O)=C(C(=O)OC)C1c1ccccc1. The van der Waals surface area contributed by atoms with Gasteiger partial charge in [-0.1, -0.05) is 30.3 Å². The van der Waals surface area contributed by atoms with Crippen LogP contribution in [0.2, 0.25) is 0 Å². The highest BCUT2D eigenvalue weighted by Gasteiger charge is 2.42. The van der Waals surface area contributed by atoms with E-state index in [0.717, 1.165) is 17.5 Å². The second-order valence-electron chi connectivity index (χ2n) is 4.65. The van der Waals surface area contributed by atoms with Crippen molar-refractivity contribution in [3.63, 3.8) is 0 Å². The lowest BCUT2D eigenvalue weighted by Gasteiger charge is -2.23. The zero-order valence-corrected chi connectivity index (χ0v) is 13.5. The maximum absolute atomic E-state index is 12.2. The molecule has 0 bridgehead atoms. The lowest BCUT2D eigenvalue weighted by molar-refractivity contribution is -0.141. The summed E-state index contributed by atoms with van der Waals surface area (Å²) in [6.45, 7) is -0.113. The van der Waals surface area contributed by atoms with Gasteiger partial charge in [-0.25, -0.2) is 9.10 Å². The molecule has 0 spiro atoms. The molecule has 0 saturated carbocycles. The molecule has 1 aromatic carbocycles. The molecule has 0 saturated heterocycles. The van der Waals surface area contributed by atoms with Crippen molar-refractivity contribution in [2.75, 3.05) is 20.8 Å². The van der Waals surface area contributed by atoms with Crippen molar-refractivity contribution in [3.8, 4) is 0 Å². The second kappa shape index (κ2) is 7.30. The minimum Gasteiger partial charge on any atom is -0.468 e. The van der Waals surface area contributed by atoms with Crippen LogP contribution in [0.4, 0.5) is 0 Å². The van der Waals surface area contributed by atoms with Crippen molar-refractivity contribution >= 4 is 29.8 Å². The van der Waals surface area contributed by atoms with Crippen LogP contribution >= 0.6 is 11.9 Å². The molecular formula is C15H16N2O5S. The van der Waals surface area contributed by atoms with Gasteiger partial charge in [-0.15, -0.1) is 0 Å². The van der Waals surface area contributed by atoms with Crippen molar-refractivity contribution in [1.82, 2.24) is 4.31 Å². The average molecular weight is 336 g/mol. The number of hydrogen-bond donors (Lipinski definition) is 1. The average Bonchev–Trinajstić information content (AvgIpc) is 2.94. The van der Waals surface area contributed by atoms with E-state index in [1.54, 1.807) is 28.6 Å². The molecule has 2 N–H and O–H groups in total. The molecule has 7 nitrogen and oxygen atoms in total. The lowest BCUT2D eigenvalue weighted by Crippen LogP contribution is -2.28. The third-order valence-corrected chi connectivity index (χ3v) is 4.45. The number of methoxy groups -OCH3 is 2. The van der Waals surface area contributed by atoms with Crippen LogP contribution in [0.3, 0.4) is 0 Å². The normalized spacial score (nSPS) is 17.9. The molecule has 0 aromatic heterocycles. The van der Waals surface area contributed by atoms with Crippen LogP contribution in [0.1, 0.15) is 11.6 Å². The van der Waals surface area contributed by atoms with Crippen molar-refractivity contribution in [1.29, 1.82) is 0 Å². The molecule has 0 fully saturated rings. The van der Waals surface area contributed by atoms with Gasteiger partial charge in [0.2, 0.25) is 0 Å². The van der Waals surface area contributed by atoms with Gasteiger partial charge in [-0.3, -0.25) is 9.59 Å². The zero-order chi connectivity index (χ0) is 17.0. The summed E-state index contributed by atoms with van der Waals surface area (Å²) in [5, 5.41) is 0. The number of primary amides is 1. The van der Waals surface area contributed by atoms with Crippen LogP contribution in [-0.4, -0.2) is 42.9 Å². The van der Waals surface area contributed by atoms with Crippen molar-refractivity contribution in [3.05, 3.63) is 46.4 Å². The smallest absolute Gasteiger partial charge is 0.337 e. The summed E-state index contributed by atoms with van der Waals surface area (Å²) in [4.78, 5) is 35.6. The van der Waals surface area contributed by atoms with E-state index in [4.69, 9.17) is 10.5 Å². The van der Waals surface area contributed by atoms with E-state index in [2.05, 4.69) is 4.74 Å². The maximum Gasteiger partial charge on any atom is 0.337 e. The Kier molecular flexibility index (Phi) is 5.41. The molecule has 23 heavy (non-hydrogen) atoms. The number of ether oxygens (including phenoxy) is 2. The predicted molar refractivity (Wildman–Crippen MR) is 83.7 cm³/mol. The Labute approximate surface area is 137 Å². The van der Waals surface area contributed by atoms with Gasteiger partial charge in [0, 0.05) is 0 Å². The summed E-state index contributed by atoms with van der Waals surface area (Å²) in [5.74, 6) is -1.90. The molecule has 1 atom stereocenters. The van der Waals surface area contributed by atoms with Crippen LogP contribution in [0.5, 0.6) is 0 Å². The molecule has 1 aliphatic rings. The fourth-order valence-corrected chi connectivity index (χ4v) is 3.38. The largest absolute Gasteiger partial charge is 0.468 e. The Balaban J connectivity index is 2.51. The number of benzene rings is 1. The Morgan fingerprint density at radius 3 is 2.35 bits per heavy atom. The van der Waals surface area contributed by atoms with Gasteiger partial charge in [0.1, 0.15) is 11.4 Å². The lowest BCUT2D eigenvalue weighted by atomic mass is 9.98. The number of hydrogen-bond acceptors (Lipinski definition) is 7. The van der Waals surface area contributed by atoms with Crippen LogP contribution in [0.15, 0.2) is 40.8 Å². The van der Waals surface area contributed by atoms with Crippen molar-refractivity contribution < 1.29 is 23.9 Å². The first-order valence-electron chi connectivity index (χ1n) is 6.68. The van der Waals surface area contributed by atoms with E-state index in [1.165, 1.54) is 14.2 Å². The van der Waals surface area contributed by atoms with Crippen LogP contribution in [0.25, 0.3) is 0 Å². The highest BCUT2D eigenvalue weighted by atomic mass is 32.2. The molecule has 8 heteroatoms. The van der Waals surface area contributed by atoms with Gasteiger partial charge in [-0.2, -0.15) is 0 Å². The van der Waals surface area contributed by atoms with Crippen molar-refractivity contribution in [2.45, 2.75) is 6.04 Å². The third-order valence-electron chi connectivity index (χ3n) is 3.27. The Bertz CT molecular complexity index is 659. The molecule has 1 unspecified atom stereocenters. The van der Waals surface area contributed by atoms with E-state index in [1.807, 2.05) is 6.07 Å². The van der Waals surface area contributed by atoms with Crippen molar-refractivity contribution in [2.24, 2.45) is 5.73 Å². The van der Waals surface area contributed by atoms with Gasteiger partial charge >= 0.3 is 11.9 Å². The minimum absolute atomic E-state index is 0.0645. The summed E-state index contributed by atoms with van der Waals surface area (Å²) in [5.41, 5.74) is 6.24. The zero-order valence-electron chi connectivity index (χ0n) is 12.6.